The predicted molar refractivity (Wildman–Crippen MR) is 91.9 cm³/mol. The van der Waals surface area contributed by atoms with E-state index in [0.29, 0.717) is 25.3 Å². The molecule has 1 aromatic carbocycles. The van der Waals surface area contributed by atoms with E-state index in [9.17, 15) is 18.5 Å². The average Bonchev–Trinajstić information content (AvgIpc) is 2.55. The fourth-order valence-corrected chi connectivity index (χ4v) is 4.09. The van der Waals surface area contributed by atoms with Crippen LogP contribution in [0, 0.1) is 10.1 Å². The number of quaternary nitrogens is 1. The van der Waals surface area contributed by atoms with Gasteiger partial charge in [-0.2, -0.15) is 4.31 Å². The Morgan fingerprint density at radius 3 is 2.58 bits per heavy atom. The summed E-state index contributed by atoms with van der Waals surface area (Å²) in [5.41, 5.74) is 0.155. The summed E-state index contributed by atoms with van der Waals surface area (Å²) in [6.45, 7) is 4.97. The number of piperazine rings is 1. The van der Waals surface area contributed by atoms with Crippen LogP contribution >= 0.6 is 0 Å². The number of sulfonamides is 1. The van der Waals surface area contributed by atoms with E-state index in [4.69, 9.17) is 0 Å². The highest BCUT2D eigenvalue weighted by molar-refractivity contribution is 7.89. The largest absolute Gasteiger partial charge is 0.379 e. The lowest BCUT2D eigenvalue weighted by molar-refractivity contribution is -0.883. The Morgan fingerprint density at radius 2 is 2.00 bits per heavy atom. The molecule has 1 saturated heterocycles. The summed E-state index contributed by atoms with van der Waals surface area (Å²) >= 11 is 0. The van der Waals surface area contributed by atoms with Gasteiger partial charge in [0.2, 0.25) is 10.0 Å². The molecule has 0 amide bonds. The molecule has 8 nitrogen and oxygen atoms in total. The summed E-state index contributed by atoms with van der Waals surface area (Å²) in [7, 11) is -1.68. The molecule has 1 fully saturated rings. The number of likely N-dealkylation sites (N-methyl/N-ethyl adjacent to an activating group) is 1. The first kappa shape index (κ1) is 18.6. The fourth-order valence-electron chi connectivity index (χ4n) is 2.63. The van der Waals surface area contributed by atoms with Crippen LogP contribution in [0.2, 0.25) is 0 Å². The van der Waals surface area contributed by atoms with Crippen molar-refractivity contribution in [3.8, 4) is 0 Å². The van der Waals surface area contributed by atoms with Gasteiger partial charge in [-0.1, -0.05) is 13.3 Å². The molecule has 2 rings (SSSR count). The molecule has 24 heavy (non-hydrogen) atoms. The van der Waals surface area contributed by atoms with Crippen LogP contribution in [-0.2, 0) is 10.0 Å². The molecule has 0 radical (unpaired) electrons. The molecule has 0 aliphatic carbocycles. The highest BCUT2D eigenvalue weighted by Crippen LogP contribution is 2.29. The first-order valence-corrected chi connectivity index (χ1v) is 9.64. The first-order valence-electron chi connectivity index (χ1n) is 8.20. The quantitative estimate of drug-likeness (QED) is 0.416. The molecule has 134 valence electrons. The molecule has 0 saturated carbocycles. The summed E-state index contributed by atoms with van der Waals surface area (Å²) < 4.78 is 26.8. The van der Waals surface area contributed by atoms with Crippen molar-refractivity contribution < 1.29 is 18.2 Å². The summed E-state index contributed by atoms with van der Waals surface area (Å²) in [6.07, 6.45) is 1.86. The minimum atomic E-state index is -3.70. The topological polar surface area (TPSA) is 97.0 Å². The van der Waals surface area contributed by atoms with E-state index < -0.39 is 14.9 Å². The number of unbranched alkanes of at least 4 members (excludes halogenated alkanes) is 1. The minimum Gasteiger partial charge on any atom is -0.379 e. The maximum absolute atomic E-state index is 12.7. The van der Waals surface area contributed by atoms with Crippen molar-refractivity contribution >= 4 is 21.4 Å². The molecule has 9 heteroatoms. The zero-order chi connectivity index (χ0) is 17.7. The summed E-state index contributed by atoms with van der Waals surface area (Å²) in [5.74, 6) is 0. The average molecular weight is 357 g/mol. The van der Waals surface area contributed by atoms with Gasteiger partial charge in [-0.05, 0) is 18.6 Å². The van der Waals surface area contributed by atoms with Crippen LogP contribution in [0.5, 0.6) is 0 Å². The SMILES string of the molecule is CCCCNc1ccc(S(=O)(=O)N2CC[NH+](C)CC2)cc1[N+](=O)[O-]. The zero-order valence-electron chi connectivity index (χ0n) is 14.1. The standard InChI is InChI=1S/C15H24N4O4S/c1-3-4-7-16-14-6-5-13(12-15(14)19(20)21)24(22,23)18-10-8-17(2)9-11-18/h5-6,12,16H,3-4,7-11H2,1-2H3/p+1. The van der Waals surface area contributed by atoms with Crippen LogP contribution < -0.4 is 10.2 Å². The van der Waals surface area contributed by atoms with Crippen molar-refractivity contribution in [3.63, 3.8) is 0 Å². The maximum atomic E-state index is 12.7. The van der Waals surface area contributed by atoms with E-state index >= 15 is 0 Å². The van der Waals surface area contributed by atoms with Gasteiger partial charge in [-0.25, -0.2) is 8.42 Å². The molecular weight excluding hydrogens is 332 g/mol. The highest BCUT2D eigenvalue weighted by atomic mass is 32.2. The Balaban J connectivity index is 2.26. The second kappa shape index (κ2) is 7.91. The number of hydrogen-bond donors (Lipinski definition) is 2. The number of benzene rings is 1. The van der Waals surface area contributed by atoms with Crippen molar-refractivity contribution in [1.82, 2.24) is 4.31 Å². The van der Waals surface area contributed by atoms with Crippen molar-refractivity contribution in [2.75, 3.05) is 45.1 Å². The second-order valence-electron chi connectivity index (χ2n) is 6.08. The van der Waals surface area contributed by atoms with E-state index in [1.807, 2.05) is 14.0 Å². The van der Waals surface area contributed by atoms with Crippen LogP contribution in [-0.4, -0.2) is 57.4 Å². The number of nitrogens with one attached hydrogen (secondary N) is 2. The van der Waals surface area contributed by atoms with Crippen LogP contribution in [0.3, 0.4) is 0 Å². The normalized spacial score (nSPS) is 16.9. The van der Waals surface area contributed by atoms with Crippen molar-refractivity contribution in [2.45, 2.75) is 24.7 Å². The number of hydrogen-bond acceptors (Lipinski definition) is 5. The van der Waals surface area contributed by atoms with Crippen LogP contribution in [0.4, 0.5) is 11.4 Å². The van der Waals surface area contributed by atoms with Gasteiger partial charge >= 0.3 is 0 Å². The lowest BCUT2D eigenvalue weighted by Gasteiger charge is -2.29. The van der Waals surface area contributed by atoms with Crippen molar-refractivity contribution in [3.05, 3.63) is 28.3 Å². The molecule has 0 aromatic heterocycles. The fraction of sp³-hybridized carbons (Fsp3) is 0.600. The van der Waals surface area contributed by atoms with E-state index in [-0.39, 0.29) is 10.6 Å². The monoisotopic (exact) mass is 357 g/mol. The summed E-state index contributed by atoms with van der Waals surface area (Å²) in [5, 5.41) is 14.3. The van der Waals surface area contributed by atoms with Gasteiger partial charge in [0.1, 0.15) is 5.69 Å². The molecule has 1 aliphatic heterocycles. The zero-order valence-corrected chi connectivity index (χ0v) is 14.9. The van der Waals surface area contributed by atoms with Gasteiger partial charge in [-0.15, -0.1) is 0 Å². The van der Waals surface area contributed by atoms with Crippen molar-refractivity contribution in [2.24, 2.45) is 0 Å². The molecule has 0 spiro atoms. The molecule has 0 unspecified atom stereocenters. The lowest BCUT2D eigenvalue weighted by atomic mass is 10.2. The van der Waals surface area contributed by atoms with Gasteiger partial charge in [0.05, 0.1) is 43.0 Å². The Bertz CT molecular complexity index is 685. The maximum Gasteiger partial charge on any atom is 0.293 e. The molecule has 1 aliphatic rings. The smallest absolute Gasteiger partial charge is 0.293 e. The molecular formula is C15H25N4O4S+. The minimum absolute atomic E-state index is 0.0187. The Kier molecular flexibility index (Phi) is 6.14. The Hall–Kier alpha value is -1.71. The predicted octanol–water partition coefficient (Wildman–Crippen LogP) is 0.326. The Morgan fingerprint density at radius 1 is 1.33 bits per heavy atom. The van der Waals surface area contributed by atoms with Gasteiger partial charge in [0, 0.05) is 12.6 Å². The Labute approximate surface area is 142 Å². The lowest BCUT2D eigenvalue weighted by Crippen LogP contribution is -3.12. The van der Waals surface area contributed by atoms with Gasteiger partial charge in [-0.3, -0.25) is 10.1 Å². The molecule has 1 aromatic rings. The number of rotatable bonds is 7. The molecule has 1 heterocycles. The van der Waals surface area contributed by atoms with Crippen LogP contribution in [0.15, 0.2) is 23.1 Å². The third kappa shape index (κ3) is 4.22. The third-order valence-corrected chi connectivity index (χ3v) is 6.12. The van der Waals surface area contributed by atoms with Gasteiger partial charge in [0.15, 0.2) is 0 Å². The first-order chi connectivity index (χ1) is 11.4. The van der Waals surface area contributed by atoms with Gasteiger partial charge < -0.3 is 10.2 Å². The highest BCUT2D eigenvalue weighted by Gasteiger charge is 2.30. The van der Waals surface area contributed by atoms with Crippen LogP contribution in [0.1, 0.15) is 19.8 Å². The van der Waals surface area contributed by atoms with E-state index in [2.05, 4.69) is 5.32 Å². The van der Waals surface area contributed by atoms with E-state index in [1.54, 1.807) is 0 Å². The number of nitro benzene ring substituents is 1. The summed E-state index contributed by atoms with van der Waals surface area (Å²) in [4.78, 5) is 12.0. The van der Waals surface area contributed by atoms with Crippen molar-refractivity contribution in [1.29, 1.82) is 0 Å². The van der Waals surface area contributed by atoms with Gasteiger partial charge in [0.25, 0.3) is 5.69 Å². The second-order valence-corrected chi connectivity index (χ2v) is 8.02. The van der Waals surface area contributed by atoms with Crippen LogP contribution in [0.25, 0.3) is 0 Å². The third-order valence-electron chi connectivity index (χ3n) is 4.23. The summed E-state index contributed by atoms with van der Waals surface area (Å²) in [6, 6.07) is 4.10. The number of nitro groups is 1. The van der Waals surface area contributed by atoms with E-state index in [1.165, 1.54) is 21.3 Å². The molecule has 0 bridgehead atoms. The van der Waals surface area contributed by atoms with E-state index in [0.717, 1.165) is 32.0 Å². The number of anilines is 1. The number of nitrogens with zero attached hydrogens (tertiary/aromatic N) is 2. The molecule has 2 N–H and O–H groups in total. The molecule has 0 atom stereocenters.